The number of anilines is 2. The number of nitrogen functional groups attached to an aromatic ring is 1. The summed E-state index contributed by atoms with van der Waals surface area (Å²) in [7, 11) is 0. The van der Waals surface area contributed by atoms with E-state index in [2.05, 4.69) is 39.9 Å². The van der Waals surface area contributed by atoms with Crippen molar-refractivity contribution in [1.29, 1.82) is 0 Å². The highest BCUT2D eigenvalue weighted by molar-refractivity contribution is 5.60. The third-order valence-electron chi connectivity index (χ3n) is 6.34. The Kier molecular flexibility index (Phi) is 4.92. The standard InChI is InChI=1S/C22H29N7O/c1-3-4-7-30-22-26-19(23)21-25-12-18(29(21)27-22)10-16-8-14(2)20(24-11-16)28-13-15-5-6-17(28)9-15/h8,11-12,15,17H,3-7,9-10,13H2,1-2H3,(H2,23,26,27)/t15-,17+/m0/s1. The van der Waals surface area contributed by atoms with Crippen LogP contribution in [0, 0.1) is 12.8 Å². The van der Waals surface area contributed by atoms with Gasteiger partial charge in [-0.1, -0.05) is 19.4 Å². The molecule has 2 bridgehead atoms. The van der Waals surface area contributed by atoms with Crippen LogP contribution in [-0.2, 0) is 6.42 Å². The van der Waals surface area contributed by atoms with Crippen LogP contribution in [0.4, 0.5) is 11.6 Å². The number of ether oxygens (including phenoxy) is 1. The highest BCUT2D eigenvalue weighted by Gasteiger charge is 2.38. The van der Waals surface area contributed by atoms with Gasteiger partial charge in [-0.15, -0.1) is 5.10 Å². The number of pyridine rings is 1. The molecule has 0 aromatic carbocycles. The molecule has 1 aliphatic carbocycles. The highest BCUT2D eigenvalue weighted by atomic mass is 16.5. The van der Waals surface area contributed by atoms with E-state index in [-0.39, 0.29) is 0 Å². The molecule has 8 heteroatoms. The molecule has 1 saturated heterocycles. The van der Waals surface area contributed by atoms with Crippen LogP contribution in [-0.4, -0.2) is 43.8 Å². The molecule has 1 saturated carbocycles. The third-order valence-corrected chi connectivity index (χ3v) is 6.34. The summed E-state index contributed by atoms with van der Waals surface area (Å²) in [6.45, 7) is 6.01. The second-order valence-electron chi connectivity index (χ2n) is 8.61. The number of nitrogens with two attached hydrogens (primary N) is 1. The molecule has 2 atom stereocenters. The number of hydrogen-bond acceptors (Lipinski definition) is 7. The first-order chi connectivity index (χ1) is 14.6. The maximum Gasteiger partial charge on any atom is 0.336 e. The summed E-state index contributed by atoms with van der Waals surface area (Å²) in [6.07, 6.45) is 10.5. The Morgan fingerprint density at radius 1 is 1.23 bits per heavy atom. The van der Waals surface area contributed by atoms with Crippen LogP contribution in [0.25, 0.3) is 5.65 Å². The Balaban J connectivity index is 1.38. The molecular weight excluding hydrogens is 378 g/mol. The first-order valence-corrected chi connectivity index (χ1v) is 11.0. The zero-order valence-electron chi connectivity index (χ0n) is 17.7. The van der Waals surface area contributed by atoms with Crippen molar-refractivity contribution in [3.05, 3.63) is 35.3 Å². The van der Waals surface area contributed by atoms with Gasteiger partial charge in [0.1, 0.15) is 5.82 Å². The molecule has 5 rings (SSSR count). The Morgan fingerprint density at radius 2 is 2.13 bits per heavy atom. The minimum absolute atomic E-state index is 0.293. The first-order valence-electron chi connectivity index (χ1n) is 11.0. The fourth-order valence-electron chi connectivity index (χ4n) is 4.83. The predicted octanol–water partition coefficient (Wildman–Crippen LogP) is 3.17. The summed E-state index contributed by atoms with van der Waals surface area (Å²) in [5, 5.41) is 4.51. The van der Waals surface area contributed by atoms with Gasteiger partial charge in [0.15, 0.2) is 11.5 Å². The molecule has 8 nitrogen and oxygen atoms in total. The van der Waals surface area contributed by atoms with Crippen molar-refractivity contribution in [2.24, 2.45) is 5.92 Å². The molecular formula is C22H29N7O. The van der Waals surface area contributed by atoms with E-state index in [4.69, 9.17) is 15.5 Å². The van der Waals surface area contributed by atoms with Crippen LogP contribution in [0.1, 0.15) is 55.8 Å². The van der Waals surface area contributed by atoms with E-state index in [0.717, 1.165) is 42.4 Å². The number of aromatic nitrogens is 5. The number of nitrogens with zero attached hydrogens (tertiary/aromatic N) is 6. The maximum absolute atomic E-state index is 6.08. The Bertz CT molecular complexity index is 1060. The number of fused-ring (bicyclic) bond motifs is 3. The zero-order valence-corrected chi connectivity index (χ0v) is 17.7. The summed E-state index contributed by atoms with van der Waals surface area (Å²) in [5.74, 6) is 2.33. The van der Waals surface area contributed by atoms with Gasteiger partial charge in [0.25, 0.3) is 0 Å². The number of piperidine rings is 1. The van der Waals surface area contributed by atoms with Gasteiger partial charge in [-0.3, -0.25) is 0 Å². The molecule has 0 unspecified atom stereocenters. The van der Waals surface area contributed by atoms with E-state index in [0.29, 0.717) is 36.5 Å². The lowest BCUT2D eigenvalue weighted by atomic mass is 10.1. The van der Waals surface area contributed by atoms with Gasteiger partial charge in [-0.05, 0) is 49.7 Å². The lowest BCUT2D eigenvalue weighted by molar-refractivity contribution is 0.280. The maximum atomic E-state index is 6.08. The molecule has 3 aromatic rings. The van der Waals surface area contributed by atoms with Crippen molar-refractivity contribution in [2.45, 2.75) is 58.4 Å². The number of aryl methyl sites for hydroxylation is 1. The quantitative estimate of drug-likeness (QED) is 0.601. The van der Waals surface area contributed by atoms with Gasteiger partial charge in [0, 0.05) is 25.2 Å². The molecule has 4 heterocycles. The van der Waals surface area contributed by atoms with Crippen LogP contribution in [0.15, 0.2) is 18.5 Å². The van der Waals surface area contributed by atoms with Gasteiger partial charge in [-0.25, -0.2) is 14.5 Å². The fourth-order valence-corrected chi connectivity index (χ4v) is 4.83. The molecule has 0 spiro atoms. The van der Waals surface area contributed by atoms with Crippen molar-refractivity contribution in [2.75, 3.05) is 23.8 Å². The average molecular weight is 408 g/mol. The molecule has 0 radical (unpaired) electrons. The lowest BCUT2D eigenvalue weighted by Gasteiger charge is -2.29. The van der Waals surface area contributed by atoms with Crippen LogP contribution < -0.4 is 15.4 Å². The summed E-state index contributed by atoms with van der Waals surface area (Å²) in [5.41, 5.74) is 9.94. The molecule has 2 aliphatic rings. The largest absolute Gasteiger partial charge is 0.462 e. The van der Waals surface area contributed by atoms with E-state index >= 15 is 0 Å². The van der Waals surface area contributed by atoms with Crippen LogP contribution >= 0.6 is 0 Å². The molecule has 30 heavy (non-hydrogen) atoms. The third kappa shape index (κ3) is 3.44. The summed E-state index contributed by atoms with van der Waals surface area (Å²) in [4.78, 5) is 16.0. The van der Waals surface area contributed by atoms with E-state index < -0.39 is 0 Å². The van der Waals surface area contributed by atoms with Crippen molar-refractivity contribution in [3.8, 4) is 6.01 Å². The van der Waals surface area contributed by atoms with Gasteiger partial charge >= 0.3 is 6.01 Å². The van der Waals surface area contributed by atoms with E-state index in [1.54, 1.807) is 10.7 Å². The molecule has 158 valence electrons. The van der Waals surface area contributed by atoms with Crippen LogP contribution in [0.2, 0.25) is 0 Å². The van der Waals surface area contributed by atoms with Gasteiger partial charge in [-0.2, -0.15) is 4.98 Å². The number of rotatable bonds is 7. The number of imidazole rings is 1. The summed E-state index contributed by atoms with van der Waals surface area (Å²) >= 11 is 0. The number of unbranched alkanes of at least 4 members (excludes halogenated alkanes) is 1. The van der Waals surface area contributed by atoms with Crippen molar-refractivity contribution >= 4 is 17.3 Å². The monoisotopic (exact) mass is 407 g/mol. The molecule has 1 aliphatic heterocycles. The predicted molar refractivity (Wildman–Crippen MR) is 116 cm³/mol. The molecule has 2 N–H and O–H groups in total. The van der Waals surface area contributed by atoms with E-state index in [1.807, 2.05) is 6.20 Å². The van der Waals surface area contributed by atoms with Crippen LogP contribution in [0.3, 0.4) is 0 Å². The molecule has 0 amide bonds. The second kappa shape index (κ2) is 7.74. The first kappa shape index (κ1) is 19.1. The smallest absolute Gasteiger partial charge is 0.336 e. The van der Waals surface area contributed by atoms with E-state index in [9.17, 15) is 0 Å². The molecule has 2 fully saturated rings. The van der Waals surface area contributed by atoms with Crippen molar-refractivity contribution in [1.82, 2.24) is 24.6 Å². The Labute approximate surface area is 176 Å². The van der Waals surface area contributed by atoms with Gasteiger partial charge < -0.3 is 15.4 Å². The summed E-state index contributed by atoms with van der Waals surface area (Å²) < 4.78 is 7.40. The van der Waals surface area contributed by atoms with Crippen LogP contribution in [0.5, 0.6) is 6.01 Å². The topological polar surface area (TPSA) is 94.5 Å². The highest BCUT2D eigenvalue weighted by Crippen LogP contribution is 2.40. The van der Waals surface area contributed by atoms with E-state index in [1.165, 1.54) is 24.8 Å². The minimum atomic E-state index is 0.293. The van der Waals surface area contributed by atoms with Gasteiger partial charge in [0.2, 0.25) is 0 Å². The minimum Gasteiger partial charge on any atom is -0.462 e. The van der Waals surface area contributed by atoms with Crippen molar-refractivity contribution in [3.63, 3.8) is 0 Å². The fraction of sp³-hybridized carbons (Fsp3) is 0.545. The Hall–Kier alpha value is -2.90. The second-order valence-corrected chi connectivity index (χ2v) is 8.61. The lowest BCUT2D eigenvalue weighted by Crippen LogP contribution is -2.33. The summed E-state index contributed by atoms with van der Waals surface area (Å²) in [6, 6.07) is 3.20. The van der Waals surface area contributed by atoms with Gasteiger partial charge in [0.05, 0.1) is 18.5 Å². The number of hydrogen-bond donors (Lipinski definition) is 1. The SMILES string of the molecule is CCCCOc1nc(N)c2ncc(Cc3cnc(N4C[C@H]5CC[C@@H]4C5)c(C)c3)n2n1. The Morgan fingerprint density at radius 3 is 2.87 bits per heavy atom. The van der Waals surface area contributed by atoms with Crippen molar-refractivity contribution < 1.29 is 4.74 Å². The zero-order chi connectivity index (χ0) is 20.7. The average Bonchev–Trinajstić information content (AvgIpc) is 3.45. The molecule has 3 aromatic heterocycles. The normalized spacial score (nSPS) is 20.4.